The smallest absolute Gasteiger partial charge is 0.489 e. The maximum atomic E-state index is 13.2. The maximum Gasteiger partial charge on any atom is 0.489 e. The van der Waals surface area contributed by atoms with Crippen molar-refractivity contribution in [3.05, 3.63) is 24.0 Å². The van der Waals surface area contributed by atoms with Crippen molar-refractivity contribution in [2.45, 2.75) is 0 Å². The molecule has 0 radical (unpaired) electrons. The third-order valence-corrected chi connectivity index (χ3v) is 2.88. The lowest BCUT2D eigenvalue weighted by molar-refractivity contribution is 0.426. The molecule has 0 amide bonds. The first kappa shape index (κ1) is 9.45. The van der Waals surface area contributed by atoms with E-state index in [2.05, 4.69) is 0 Å². The second-order valence-corrected chi connectivity index (χ2v) is 3.87. The first-order chi connectivity index (χ1) is 6.59. The summed E-state index contributed by atoms with van der Waals surface area (Å²) in [6.45, 7) is 0. The zero-order chi connectivity index (χ0) is 10.3. The number of hydrogen-bond acceptors (Lipinski definition) is 4. The zero-order valence-corrected chi connectivity index (χ0v) is 7.75. The molecule has 6 heteroatoms. The van der Waals surface area contributed by atoms with E-state index in [0.717, 1.165) is 17.4 Å². The van der Waals surface area contributed by atoms with E-state index in [4.69, 9.17) is 10.0 Å². The minimum atomic E-state index is -1.66. The van der Waals surface area contributed by atoms with Crippen molar-refractivity contribution in [2.24, 2.45) is 0 Å². The van der Waals surface area contributed by atoms with Crippen LogP contribution < -0.4 is 5.46 Å². The minimum Gasteiger partial charge on any atom is -0.499 e. The van der Waals surface area contributed by atoms with Gasteiger partial charge in [0.15, 0.2) is 5.06 Å². The van der Waals surface area contributed by atoms with Crippen molar-refractivity contribution >= 4 is 34.0 Å². The number of rotatable bonds is 1. The summed E-state index contributed by atoms with van der Waals surface area (Å²) in [7, 11) is -1.66. The monoisotopic (exact) mass is 212 g/mol. The molecule has 2 rings (SSSR count). The zero-order valence-electron chi connectivity index (χ0n) is 6.94. The molecule has 0 aliphatic carbocycles. The number of hydrogen-bond donors (Lipinski definition) is 3. The molecule has 14 heavy (non-hydrogen) atoms. The molecule has 3 N–H and O–H groups in total. The van der Waals surface area contributed by atoms with Gasteiger partial charge >= 0.3 is 7.12 Å². The molecule has 1 aromatic carbocycles. The van der Waals surface area contributed by atoms with E-state index in [1.165, 1.54) is 12.1 Å². The number of thiophene rings is 1. The molecule has 0 saturated carbocycles. The average molecular weight is 212 g/mol. The predicted molar refractivity (Wildman–Crippen MR) is 53.3 cm³/mol. The maximum absolute atomic E-state index is 13.2. The molecule has 0 saturated heterocycles. The second kappa shape index (κ2) is 3.23. The van der Waals surface area contributed by atoms with Gasteiger partial charge in [-0.1, -0.05) is 17.4 Å². The van der Waals surface area contributed by atoms with Gasteiger partial charge in [0.2, 0.25) is 0 Å². The van der Waals surface area contributed by atoms with E-state index in [9.17, 15) is 9.50 Å². The first-order valence-electron chi connectivity index (χ1n) is 3.86. The van der Waals surface area contributed by atoms with E-state index in [1.807, 2.05) is 0 Å². The molecular weight excluding hydrogens is 206 g/mol. The lowest BCUT2D eigenvalue weighted by atomic mass is 9.78. The second-order valence-electron chi connectivity index (χ2n) is 2.84. The van der Waals surface area contributed by atoms with Gasteiger partial charge < -0.3 is 15.2 Å². The lowest BCUT2D eigenvalue weighted by Crippen LogP contribution is -2.30. The van der Waals surface area contributed by atoms with Crippen LogP contribution >= 0.6 is 11.3 Å². The molecule has 0 aliphatic rings. The number of fused-ring (bicyclic) bond motifs is 1. The Kier molecular flexibility index (Phi) is 2.18. The molecule has 1 heterocycles. The van der Waals surface area contributed by atoms with Gasteiger partial charge in [0.05, 0.1) is 4.70 Å². The van der Waals surface area contributed by atoms with Gasteiger partial charge in [-0.05, 0) is 23.0 Å². The average Bonchev–Trinajstić information content (AvgIpc) is 2.47. The van der Waals surface area contributed by atoms with Crippen molar-refractivity contribution < 1.29 is 19.5 Å². The van der Waals surface area contributed by atoms with Gasteiger partial charge in [-0.15, -0.1) is 0 Å². The fraction of sp³-hybridized carbons (Fsp3) is 0. The molecule has 0 spiro atoms. The highest BCUT2D eigenvalue weighted by Crippen LogP contribution is 2.31. The Bertz CT molecular complexity index is 483. The van der Waals surface area contributed by atoms with E-state index in [0.29, 0.717) is 5.39 Å². The highest BCUT2D eigenvalue weighted by Gasteiger charge is 2.18. The third kappa shape index (κ3) is 1.37. The van der Waals surface area contributed by atoms with Crippen LogP contribution in [0.15, 0.2) is 18.2 Å². The summed E-state index contributed by atoms with van der Waals surface area (Å²) < 4.78 is 13.4. The molecular formula is C8H6BFO3S. The van der Waals surface area contributed by atoms with Gasteiger partial charge in [0, 0.05) is 0 Å². The van der Waals surface area contributed by atoms with E-state index < -0.39 is 12.9 Å². The summed E-state index contributed by atoms with van der Waals surface area (Å²) in [5.74, 6) is -0.477. The fourth-order valence-electron chi connectivity index (χ4n) is 1.32. The van der Waals surface area contributed by atoms with Crippen LogP contribution in [0.25, 0.3) is 10.1 Å². The van der Waals surface area contributed by atoms with E-state index in [-0.39, 0.29) is 15.2 Å². The van der Waals surface area contributed by atoms with Crippen LogP contribution in [0.4, 0.5) is 4.39 Å². The summed E-state index contributed by atoms with van der Waals surface area (Å²) in [6.07, 6.45) is 0. The van der Waals surface area contributed by atoms with Gasteiger partial charge in [-0.25, -0.2) is 4.39 Å². The third-order valence-electron chi connectivity index (χ3n) is 1.93. The predicted octanol–water partition coefficient (Wildman–Crippen LogP) is 0.426. The molecule has 0 aliphatic heterocycles. The molecule has 3 nitrogen and oxygen atoms in total. The topological polar surface area (TPSA) is 60.7 Å². The highest BCUT2D eigenvalue weighted by molar-refractivity contribution is 7.20. The normalized spacial score (nSPS) is 10.8. The van der Waals surface area contributed by atoms with Crippen LogP contribution in [0.1, 0.15) is 0 Å². The summed E-state index contributed by atoms with van der Waals surface area (Å²) in [6, 6.07) is 3.75. The molecule has 72 valence electrons. The van der Waals surface area contributed by atoms with Gasteiger partial charge in [0.25, 0.3) is 0 Å². The molecule has 0 atom stereocenters. The van der Waals surface area contributed by atoms with Crippen LogP contribution in [0, 0.1) is 5.82 Å². The van der Waals surface area contributed by atoms with Gasteiger partial charge in [-0.3, -0.25) is 0 Å². The number of benzene rings is 1. The summed E-state index contributed by atoms with van der Waals surface area (Å²) >= 11 is 0.869. The van der Waals surface area contributed by atoms with Crippen molar-refractivity contribution in [1.82, 2.24) is 0 Å². The van der Waals surface area contributed by atoms with E-state index >= 15 is 0 Å². The van der Waals surface area contributed by atoms with Crippen molar-refractivity contribution in [2.75, 3.05) is 0 Å². The van der Waals surface area contributed by atoms with Crippen molar-refractivity contribution in [1.29, 1.82) is 0 Å². The molecule has 0 unspecified atom stereocenters. The van der Waals surface area contributed by atoms with Crippen LogP contribution in [0.2, 0.25) is 0 Å². The quantitative estimate of drug-likeness (QED) is 0.600. The summed E-state index contributed by atoms with van der Waals surface area (Å²) in [4.78, 5) is 0. The molecule has 0 fully saturated rings. The standard InChI is InChI=1S/C8H6BFO3S/c10-6-2-1-5(9(12)13)4-3-7(11)14-8(4)6/h1-3,11-13H. The molecule has 1 aromatic heterocycles. The van der Waals surface area contributed by atoms with Gasteiger partial charge in [-0.2, -0.15) is 0 Å². The van der Waals surface area contributed by atoms with Gasteiger partial charge in [0.1, 0.15) is 5.82 Å². The SMILES string of the molecule is OB(O)c1ccc(F)c2sc(O)cc12. The Morgan fingerprint density at radius 1 is 1.29 bits per heavy atom. The van der Waals surface area contributed by atoms with Crippen LogP contribution in [0.5, 0.6) is 5.06 Å². The fourth-order valence-corrected chi connectivity index (χ4v) is 2.16. The summed E-state index contributed by atoms with van der Waals surface area (Å²) in [5, 5.41) is 27.4. The Hall–Kier alpha value is -1.11. The first-order valence-corrected chi connectivity index (χ1v) is 4.68. The minimum absolute atomic E-state index is 0.0491. The van der Waals surface area contributed by atoms with Crippen LogP contribution in [-0.4, -0.2) is 22.3 Å². The molecule has 0 bridgehead atoms. The number of aromatic hydroxyl groups is 1. The highest BCUT2D eigenvalue weighted by atomic mass is 32.1. The van der Waals surface area contributed by atoms with E-state index in [1.54, 1.807) is 0 Å². The molecule has 2 aromatic rings. The number of halogens is 1. The Labute approximate surface area is 83.2 Å². The van der Waals surface area contributed by atoms with Crippen LogP contribution in [-0.2, 0) is 0 Å². The largest absolute Gasteiger partial charge is 0.499 e. The van der Waals surface area contributed by atoms with Crippen molar-refractivity contribution in [3.8, 4) is 5.06 Å². The Morgan fingerprint density at radius 2 is 2.00 bits per heavy atom. The van der Waals surface area contributed by atoms with Crippen LogP contribution in [0.3, 0.4) is 0 Å². The van der Waals surface area contributed by atoms with Crippen molar-refractivity contribution in [3.63, 3.8) is 0 Å². The Balaban J connectivity index is 2.81. The summed E-state index contributed by atoms with van der Waals surface area (Å²) in [5.41, 5.74) is 0.193. The lowest BCUT2D eigenvalue weighted by Gasteiger charge is -2.00. The Morgan fingerprint density at radius 3 is 2.64 bits per heavy atom.